The van der Waals surface area contributed by atoms with Gasteiger partial charge in [-0.15, -0.1) is 0 Å². The highest BCUT2D eigenvalue weighted by atomic mass is 32.2. The van der Waals surface area contributed by atoms with Crippen LogP contribution in [0.25, 0.3) is 0 Å². The number of nitrogens with zero attached hydrogens (tertiary/aromatic N) is 2. The molecule has 1 saturated heterocycles. The Kier molecular flexibility index (Phi) is 4.30. The van der Waals surface area contributed by atoms with Gasteiger partial charge in [0.25, 0.3) is 0 Å². The molecule has 1 aliphatic rings. The van der Waals surface area contributed by atoms with Crippen molar-refractivity contribution in [3.05, 3.63) is 29.3 Å². The summed E-state index contributed by atoms with van der Waals surface area (Å²) in [6.45, 7) is 1.86. The highest BCUT2D eigenvalue weighted by molar-refractivity contribution is 7.89. The van der Waals surface area contributed by atoms with Crippen molar-refractivity contribution >= 4 is 16.0 Å². The Bertz CT molecular complexity index is 706. The molecular formula is C14H16N2O4S. The second kappa shape index (κ2) is 5.84. The minimum Gasteiger partial charge on any atom is -0.480 e. The maximum absolute atomic E-state index is 12.6. The van der Waals surface area contributed by atoms with E-state index in [9.17, 15) is 18.3 Å². The van der Waals surface area contributed by atoms with Gasteiger partial charge >= 0.3 is 5.97 Å². The van der Waals surface area contributed by atoms with Gasteiger partial charge in [0.05, 0.1) is 16.5 Å². The first-order chi connectivity index (χ1) is 9.87. The molecule has 1 aromatic rings. The number of rotatable bonds is 3. The summed E-state index contributed by atoms with van der Waals surface area (Å²) in [5, 5.41) is 18.1. The van der Waals surface area contributed by atoms with Crippen molar-refractivity contribution in [3.63, 3.8) is 0 Å². The SMILES string of the molecule is Cc1cc(S(=O)(=O)N2CCCC[C@H]2C(=O)O)ccc1C#N. The Balaban J connectivity index is 2.43. The number of carboxylic acid groups (broad SMARTS) is 1. The number of piperidine rings is 1. The van der Waals surface area contributed by atoms with E-state index in [2.05, 4.69) is 0 Å². The number of benzene rings is 1. The molecule has 1 N–H and O–H groups in total. The molecule has 112 valence electrons. The number of sulfonamides is 1. The van der Waals surface area contributed by atoms with E-state index < -0.39 is 22.0 Å². The number of carboxylic acids is 1. The number of aliphatic carboxylic acids is 1. The largest absolute Gasteiger partial charge is 0.480 e. The Hall–Kier alpha value is -1.91. The standard InChI is InChI=1S/C14H16N2O4S/c1-10-8-12(6-5-11(10)9-15)21(19,20)16-7-3-2-4-13(16)14(17)18/h5-6,8,13H,2-4,7H2,1H3,(H,17,18)/t13-/m0/s1. The molecule has 0 amide bonds. The third-order valence-electron chi connectivity index (χ3n) is 3.66. The van der Waals surface area contributed by atoms with Crippen molar-refractivity contribution in [1.82, 2.24) is 4.31 Å². The van der Waals surface area contributed by atoms with Gasteiger partial charge in [0, 0.05) is 6.54 Å². The van der Waals surface area contributed by atoms with Crippen molar-refractivity contribution in [1.29, 1.82) is 5.26 Å². The van der Waals surface area contributed by atoms with Crippen LogP contribution in [0.15, 0.2) is 23.1 Å². The Morgan fingerprint density at radius 3 is 2.71 bits per heavy atom. The lowest BCUT2D eigenvalue weighted by Crippen LogP contribution is -2.47. The van der Waals surface area contributed by atoms with Crippen LogP contribution in [0.2, 0.25) is 0 Å². The average molecular weight is 308 g/mol. The van der Waals surface area contributed by atoms with Crippen molar-refractivity contribution < 1.29 is 18.3 Å². The van der Waals surface area contributed by atoms with Crippen molar-refractivity contribution in [2.24, 2.45) is 0 Å². The normalized spacial score (nSPS) is 19.9. The van der Waals surface area contributed by atoms with Crippen LogP contribution in [0, 0.1) is 18.3 Å². The zero-order valence-corrected chi connectivity index (χ0v) is 12.4. The monoisotopic (exact) mass is 308 g/mol. The number of hydrogen-bond donors (Lipinski definition) is 1. The van der Waals surface area contributed by atoms with Crippen LogP contribution >= 0.6 is 0 Å². The second-order valence-corrected chi connectivity index (χ2v) is 6.94. The third kappa shape index (κ3) is 2.91. The van der Waals surface area contributed by atoms with Gasteiger partial charge in [0.1, 0.15) is 6.04 Å². The molecule has 0 unspecified atom stereocenters. The molecule has 1 fully saturated rings. The molecule has 7 heteroatoms. The lowest BCUT2D eigenvalue weighted by molar-refractivity contribution is -0.142. The summed E-state index contributed by atoms with van der Waals surface area (Å²) in [7, 11) is -3.86. The summed E-state index contributed by atoms with van der Waals surface area (Å²) in [4.78, 5) is 11.3. The summed E-state index contributed by atoms with van der Waals surface area (Å²) >= 11 is 0. The van der Waals surface area contributed by atoms with Crippen LogP contribution in [0.3, 0.4) is 0 Å². The van der Waals surface area contributed by atoms with E-state index in [1.54, 1.807) is 6.92 Å². The maximum Gasteiger partial charge on any atom is 0.322 e. The molecule has 0 saturated carbocycles. The Morgan fingerprint density at radius 2 is 2.14 bits per heavy atom. The first-order valence-electron chi connectivity index (χ1n) is 6.63. The van der Waals surface area contributed by atoms with E-state index in [0.29, 0.717) is 30.4 Å². The van der Waals surface area contributed by atoms with Crippen LogP contribution < -0.4 is 0 Å². The molecule has 0 spiro atoms. The molecule has 21 heavy (non-hydrogen) atoms. The van der Waals surface area contributed by atoms with Gasteiger partial charge in [-0.05, 0) is 49.9 Å². The molecule has 1 aliphatic heterocycles. The molecule has 0 bridgehead atoms. The van der Waals surface area contributed by atoms with Gasteiger partial charge < -0.3 is 5.11 Å². The highest BCUT2D eigenvalue weighted by Crippen LogP contribution is 2.26. The summed E-state index contributed by atoms with van der Waals surface area (Å²) in [6, 6.07) is 5.18. The molecule has 0 aliphatic carbocycles. The molecule has 0 radical (unpaired) electrons. The predicted octanol–water partition coefficient (Wildman–Crippen LogP) is 1.49. The topological polar surface area (TPSA) is 98.5 Å². The molecule has 0 aromatic heterocycles. The molecule has 1 atom stereocenters. The van der Waals surface area contributed by atoms with Crippen LogP contribution in [0.4, 0.5) is 0 Å². The van der Waals surface area contributed by atoms with Crippen LogP contribution in [-0.4, -0.2) is 36.4 Å². The Morgan fingerprint density at radius 1 is 1.43 bits per heavy atom. The molecule has 1 aromatic carbocycles. The van der Waals surface area contributed by atoms with Gasteiger partial charge in [-0.3, -0.25) is 4.79 Å². The zero-order chi connectivity index (χ0) is 15.6. The van der Waals surface area contributed by atoms with Crippen molar-refractivity contribution in [2.45, 2.75) is 37.1 Å². The summed E-state index contributed by atoms with van der Waals surface area (Å²) in [5.41, 5.74) is 0.963. The quantitative estimate of drug-likeness (QED) is 0.912. The van der Waals surface area contributed by atoms with Crippen LogP contribution in [-0.2, 0) is 14.8 Å². The number of nitriles is 1. The molecular weight excluding hydrogens is 292 g/mol. The summed E-state index contributed by atoms with van der Waals surface area (Å²) < 4.78 is 26.3. The Labute approximate surface area is 123 Å². The first-order valence-corrected chi connectivity index (χ1v) is 8.07. The minimum atomic E-state index is -3.86. The van der Waals surface area contributed by atoms with Crippen LogP contribution in [0.5, 0.6) is 0 Å². The smallest absolute Gasteiger partial charge is 0.322 e. The van der Waals surface area contributed by atoms with E-state index >= 15 is 0 Å². The van der Waals surface area contributed by atoms with Crippen molar-refractivity contribution in [2.75, 3.05) is 6.54 Å². The lowest BCUT2D eigenvalue weighted by Gasteiger charge is -2.31. The lowest BCUT2D eigenvalue weighted by atomic mass is 10.1. The number of hydrogen-bond acceptors (Lipinski definition) is 4. The van der Waals surface area contributed by atoms with E-state index in [0.717, 1.165) is 4.31 Å². The van der Waals surface area contributed by atoms with Gasteiger partial charge in [-0.1, -0.05) is 0 Å². The number of carbonyl (C=O) groups is 1. The minimum absolute atomic E-state index is 0.0344. The van der Waals surface area contributed by atoms with E-state index in [1.807, 2.05) is 6.07 Å². The van der Waals surface area contributed by atoms with E-state index in [-0.39, 0.29) is 11.4 Å². The van der Waals surface area contributed by atoms with Gasteiger partial charge in [-0.2, -0.15) is 9.57 Å². The van der Waals surface area contributed by atoms with E-state index in [1.165, 1.54) is 18.2 Å². The van der Waals surface area contributed by atoms with Gasteiger partial charge in [-0.25, -0.2) is 8.42 Å². The molecule has 2 rings (SSSR count). The van der Waals surface area contributed by atoms with E-state index in [4.69, 9.17) is 5.26 Å². The summed E-state index contributed by atoms with van der Waals surface area (Å²) in [6.07, 6.45) is 1.68. The molecule has 1 heterocycles. The predicted molar refractivity (Wildman–Crippen MR) is 75.1 cm³/mol. The van der Waals surface area contributed by atoms with Gasteiger partial charge in [0.2, 0.25) is 10.0 Å². The maximum atomic E-state index is 12.6. The highest BCUT2D eigenvalue weighted by Gasteiger charge is 2.37. The van der Waals surface area contributed by atoms with Crippen LogP contribution in [0.1, 0.15) is 30.4 Å². The average Bonchev–Trinajstić information content (AvgIpc) is 2.47. The number of aryl methyl sites for hydroxylation is 1. The molecule has 6 nitrogen and oxygen atoms in total. The zero-order valence-electron chi connectivity index (χ0n) is 11.6. The fourth-order valence-electron chi connectivity index (χ4n) is 2.50. The van der Waals surface area contributed by atoms with Crippen molar-refractivity contribution in [3.8, 4) is 6.07 Å². The van der Waals surface area contributed by atoms with Gasteiger partial charge in [0.15, 0.2) is 0 Å². The summed E-state index contributed by atoms with van der Waals surface area (Å²) in [5.74, 6) is -1.12. The fourth-order valence-corrected chi connectivity index (χ4v) is 4.23. The second-order valence-electron chi connectivity index (χ2n) is 5.05. The third-order valence-corrected chi connectivity index (χ3v) is 5.57. The fraction of sp³-hybridized carbons (Fsp3) is 0.429. The first kappa shape index (κ1) is 15.5.